The Morgan fingerprint density at radius 1 is 1.11 bits per heavy atom. The summed E-state index contributed by atoms with van der Waals surface area (Å²) in [7, 11) is -1.22. The summed E-state index contributed by atoms with van der Waals surface area (Å²) in [6, 6.07) is 10.5. The van der Waals surface area contributed by atoms with Gasteiger partial charge in [0.25, 0.3) is 0 Å². The third-order valence-corrected chi connectivity index (χ3v) is 5.19. The molecule has 0 saturated heterocycles. The van der Waals surface area contributed by atoms with Crippen molar-refractivity contribution in [2.24, 2.45) is 0 Å². The maximum absolute atomic E-state index is 12.3. The van der Waals surface area contributed by atoms with Gasteiger partial charge in [-0.3, -0.25) is 4.21 Å². The normalized spacial score (nSPS) is 12.4. The smallest absolute Gasteiger partial charge is 0.0621 e. The average Bonchev–Trinajstić information content (AvgIpc) is 2.33. The van der Waals surface area contributed by atoms with Gasteiger partial charge in [-0.15, -0.1) is 0 Å². The number of benzene rings is 2. The molecule has 2 rings (SSSR count). The van der Waals surface area contributed by atoms with E-state index >= 15 is 0 Å². The zero-order chi connectivity index (χ0) is 14.0. The number of hydrogen-bond acceptors (Lipinski definition) is 2. The monoisotopic (exact) mass is 377 g/mol. The molecule has 0 radical (unpaired) electrons. The average molecular weight is 379 g/mol. The molecule has 0 aliphatic heterocycles. The fraction of sp³-hybridized carbons (Fsp3) is 0.0769. The molecule has 0 bridgehead atoms. The third kappa shape index (κ3) is 3.72. The van der Waals surface area contributed by atoms with Crippen molar-refractivity contribution >= 4 is 55.6 Å². The van der Waals surface area contributed by atoms with Gasteiger partial charge in [-0.05, 0) is 35.9 Å². The Morgan fingerprint density at radius 2 is 1.84 bits per heavy atom. The maximum atomic E-state index is 12.3. The van der Waals surface area contributed by atoms with Crippen molar-refractivity contribution in [3.05, 3.63) is 56.5 Å². The first kappa shape index (κ1) is 14.9. The van der Waals surface area contributed by atoms with Crippen molar-refractivity contribution in [2.45, 2.75) is 10.6 Å². The topological polar surface area (TPSA) is 43.1 Å². The fourth-order valence-electron chi connectivity index (χ4n) is 1.59. The lowest BCUT2D eigenvalue weighted by Gasteiger charge is -2.07. The first-order valence-corrected chi connectivity index (χ1v) is 8.21. The van der Waals surface area contributed by atoms with Crippen LogP contribution in [-0.4, -0.2) is 4.21 Å². The Hall–Kier alpha value is -0.550. The Kier molecular flexibility index (Phi) is 4.90. The SMILES string of the molecule is Nc1cc(Br)ccc1S(=O)Cc1ccc(Cl)c(Cl)c1. The van der Waals surface area contributed by atoms with Crippen LogP contribution >= 0.6 is 39.1 Å². The van der Waals surface area contributed by atoms with Gasteiger partial charge in [-0.25, -0.2) is 0 Å². The number of hydrogen-bond donors (Lipinski definition) is 1. The number of anilines is 1. The Morgan fingerprint density at radius 3 is 2.47 bits per heavy atom. The van der Waals surface area contributed by atoms with E-state index in [1.54, 1.807) is 30.3 Å². The van der Waals surface area contributed by atoms with Gasteiger partial charge in [0.1, 0.15) is 0 Å². The van der Waals surface area contributed by atoms with Crippen LogP contribution in [0.25, 0.3) is 0 Å². The summed E-state index contributed by atoms with van der Waals surface area (Å²) in [5.41, 5.74) is 7.22. The zero-order valence-corrected chi connectivity index (χ0v) is 13.6. The summed E-state index contributed by atoms with van der Waals surface area (Å²) in [6.07, 6.45) is 0. The molecule has 0 aliphatic carbocycles. The molecule has 0 fully saturated rings. The second kappa shape index (κ2) is 6.27. The second-order valence-electron chi connectivity index (χ2n) is 3.92. The van der Waals surface area contributed by atoms with E-state index in [1.807, 2.05) is 6.07 Å². The van der Waals surface area contributed by atoms with Crippen LogP contribution in [-0.2, 0) is 16.6 Å². The van der Waals surface area contributed by atoms with Crippen molar-refractivity contribution in [2.75, 3.05) is 5.73 Å². The Labute approximate surface area is 132 Å². The van der Waals surface area contributed by atoms with E-state index in [2.05, 4.69) is 15.9 Å². The number of halogens is 3. The highest BCUT2D eigenvalue weighted by atomic mass is 79.9. The van der Waals surface area contributed by atoms with Crippen LogP contribution < -0.4 is 5.73 Å². The van der Waals surface area contributed by atoms with E-state index in [9.17, 15) is 4.21 Å². The minimum Gasteiger partial charge on any atom is -0.398 e. The molecule has 0 aliphatic rings. The molecule has 6 heteroatoms. The molecule has 0 saturated carbocycles. The molecular weight excluding hydrogens is 369 g/mol. The third-order valence-electron chi connectivity index (χ3n) is 2.50. The standard InChI is InChI=1S/C13H10BrCl2NOS/c14-9-2-4-13(12(17)6-9)19(18)7-8-1-3-10(15)11(16)5-8/h1-6H,7,17H2. The van der Waals surface area contributed by atoms with Gasteiger partial charge in [-0.2, -0.15) is 0 Å². The van der Waals surface area contributed by atoms with Gasteiger partial charge < -0.3 is 5.73 Å². The van der Waals surface area contributed by atoms with E-state index < -0.39 is 10.8 Å². The first-order valence-electron chi connectivity index (χ1n) is 5.34. The molecule has 1 atom stereocenters. The lowest BCUT2D eigenvalue weighted by Crippen LogP contribution is -2.01. The quantitative estimate of drug-likeness (QED) is 0.790. The minimum atomic E-state index is -1.22. The maximum Gasteiger partial charge on any atom is 0.0621 e. The highest BCUT2D eigenvalue weighted by Gasteiger charge is 2.10. The minimum absolute atomic E-state index is 0.350. The van der Waals surface area contributed by atoms with Crippen molar-refractivity contribution in [3.63, 3.8) is 0 Å². The van der Waals surface area contributed by atoms with Crippen molar-refractivity contribution in [1.29, 1.82) is 0 Å². The predicted octanol–water partition coefficient (Wildman–Crippen LogP) is 4.65. The molecule has 2 aromatic carbocycles. The van der Waals surface area contributed by atoms with Crippen molar-refractivity contribution in [3.8, 4) is 0 Å². The van der Waals surface area contributed by atoms with Gasteiger partial charge in [0.05, 0.1) is 31.5 Å². The van der Waals surface area contributed by atoms with Crippen LogP contribution in [0.1, 0.15) is 5.56 Å². The number of rotatable bonds is 3. The van der Waals surface area contributed by atoms with Gasteiger partial charge in [0, 0.05) is 10.2 Å². The lowest BCUT2D eigenvalue weighted by atomic mass is 10.2. The van der Waals surface area contributed by atoms with Crippen molar-refractivity contribution < 1.29 is 4.21 Å². The molecule has 0 spiro atoms. The summed E-state index contributed by atoms with van der Waals surface area (Å²) in [6.45, 7) is 0. The molecule has 2 nitrogen and oxygen atoms in total. The van der Waals surface area contributed by atoms with Crippen LogP contribution in [0.4, 0.5) is 5.69 Å². The summed E-state index contributed by atoms with van der Waals surface area (Å²) in [4.78, 5) is 0.620. The fourth-order valence-corrected chi connectivity index (χ4v) is 3.46. The molecule has 1 unspecified atom stereocenters. The summed E-state index contributed by atoms with van der Waals surface area (Å²) in [5.74, 6) is 0.350. The summed E-state index contributed by atoms with van der Waals surface area (Å²) in [5, 5.41) is 0.944. The van der Waals surface area contributed by atoms with Crippen LogP contribution in [0.5, 0.6) is 0 Å². The van der Waals surface area contributed by atoms with E-state index in [0.29, 0.717) is 26.4 Å². The molecule has 0 amide bonds. The second-order valence-corrected chi connectivity index (χ2v) is 7.07. The summed E-state index contributed by atoms with van der Waals surface area (Å²) < 4.78 is 13.1. The molecule has 0 heterocycles. The van der Waals surface area contributed by atoms with Gasteiger partial charge >= 0.3 is 0 Å². The van der Waals surface area contributed by atoms with E-state index in [0.717, 1.165) is 10.0 Å². The Bertz CT molecular complexity index is 649. The number of nitrogens with two attached hydrogens (primary N) is 1. The molecule has 19 heavy (non-hydrogen) atoms. The highest BCUT2D eigenvalue weighted by molar-refractivity contribution is 9.10. The lowest BCUT2D eigenvalue weighted by molar-refractivity contribution is 0.683. The van der Waals surface area contributed by atoms with E-state index in [4.69, 9.17) is 28.9 Å². The molecule has 0 aromatic heterocycles. The first-order chi connectivity index (χ1) is 8.97. The predicted molar refractivity (Wildman–Crippen MR) is 85.1 cm³/mol. The van der Waals surface area contributed by atoms with E-state index in [-0.39, 0.29) is 0 Å². The van der Waals surface area contributed by atoms with E-state index in [1.165, 1.54) is 0 Å². The van der Waals surface area contributed by atoms with Crippen LogP contribution in [0.3, 0.4) is 0 Å². The molecule has 2 N–H and O–H groups in total. The molecule has 100 valence electrons. The summed E-state index contributed by atoms with van der Waals surface area (Å²) >= 11 is 15.1. The Balaban J connectivity index is 2.23. The zero-order valence-electron chi connectivity index (χ0n) is 9.70. The van der Waals surface area contributed by atoms with Crippen molar-refractivity contribution in [1.82, 2.24) is 0 Å². The van der Waals surface area contributed by atoms with Crippen LogP contribution in [0.2, 0.25) is 10.0 Å². The van der Waals surface area contributed by atoms with Gasteiger partial charge in [-0.1, -0.05) is 45.2 Å². The van der Waals surface area contributed by atoms with Gasteiger partial charge in [0.15, 0.2) is 0 Å². The largest absolute Gasteiger partial charge is 0.398 e. The highest BCUT2D eigenvalue weighted by Crippen LogP contribution is 2.26. The molecular formula is C13H10BrCl2NOS. The van der Waals surface area contributed by atoms with Crippen LogP contribution in [0, 0.1) is 0 Å². The number of nitrogen functional groups attached to an aromatic ring is 1. The molecule has 2 aromatic rings. The van der Waals surface area contributed by atoms with Crippen LogP contribution in [0.15, 0.2) is 45.8 Å². The van der Waals surface area contributed by atoms with Gasteiger partial charge in [0.2, 0.25) is 0 Å².